The van der Waals surface area contributed by atoms with Crippen LogP contribution in [0.1, 0.15) is 18.4 Å². The van der Waals surface area contributed by atoms with Crippen LogP contribution in [0.15, 0.2) is 29.2 Å². The van der Waals surface area contributed by atoms with Crippen LogP contribution in [0.4, 0.5) is 0 Å². The molecule has 2 rings (SSSR count). The van der Waals surface area contributed by atoms with Crippen LogP contribution in [-0.2, 0) is 10.0 Å². The van der Waals surface area contributed by atoms with Crippen LogP contribution in [0, 0.1) is 12.8 Å². The van der Waals surface area contributed by atoms with Gasteiger partial charge in [0, 0.05) is 19.6 Å². The lowest BCUT2D eigenvalue weighted by atomic mass is 10.2. The number of hydrogen-bond donors (Lipinski definition) is 1. The quantitative estimate of drug-likeness (QED) is 0.902. The van der Waals surface area contributed by atoms with Crippen molar-refractivity contribution in [1.82, 2.24) is 4.31 Å². The van der Waals surface area contributed by atoms with E-state index in [2.05, 4.69) is 0 Å². The minimum atomic E-state index is -3.42. The molecule has 1 fully saturated rings. The van der Waals surface area contributed by atoms with E-state index in [1.165, 1.54) is 4.31 Å². The van der Waals surface area contributed by atoms with Crippen LogP contribution in [0.3, 0.4) is 0 Å². The lowest BCUT2D eigenvalue weighted by Gasteiger charge is -2.26. The Kier molecular flexibility index (Phi) is 5.38. The highest BCUT2D eigenvalue weighted by Gasteiger charge is 2.38. The monoisotopic (exact) mass is 304 g/mol. The average Bonchev–Trinajstić information content (AvgIpc) is 3.14. The maximum Gasteiger partial charge on any atom is 0.243 e. The fourth-order valence-electron chi connectivity index (χ4n) is 2.24. The van der Waals surface area contributed by atoms with E-state index in [4.69, 9.17) is 5.73 Å². The summed E-state index contributed by atoms with van der Waals surface area (Å²) in [5, 5.41) is 0. The Labute approximate surface area is 121 Å². The van der Waals surface area contributed by atoms with E-state index in [0.717, 1.165) is 18.4 Å². The Balaban J connectivity index is 0.00000180. The molecule has 1 aromatic carbocycles. The molecule has 4 nitrogen and oxygen atoms in total. The van der Waals surface area contributed by atoms with E-state index < -0.39 is 10.0 Å². The van der Waals surface area contributed by atoms with Gasteiger partial charge in [-0.15, -0.1) is 12.4 Å². The van der Waals surface area contributed by atoms with Crippen LogP contribution >= 0.6 is 12.4 Å². The smallest absolute Gasteiger partial charge is 0.243 e. The number of rotatable bonds is 5. The zero-order chi connectivity index (χ0) is 13.3. The third-order valence-electron chi connectivity index (χ3n) is 3.54. The van der Waals surface area contributed by atoms with Crippen LogP contribution < -0.4 is 5.73 Å². The summed E-state index contributed by atoms with van der Waals surface area (Å²) < 4.78 is 26.4. The number of halogens is 1. The Morgan fingerprint density at radius 1 is 1.42 bits per heavy atom. The SMILES string of the molecule is Cc1cccc(S(=O)(=O)N(C)C(CN)C2CC2)c1.Cl. The largest absolute Gasteiger partial charge is 0.329 e. The van der Waals surface area contributed by atoms with E-state index in [-0.39, 0.29) is 18.4 Å². The van der Waals surface area contributed by atoms with Gasteiger partial charge in [-0.3, -0.25) is 0 Å². The molecule has 0 heterocycles. The topological polar surface area (TPSA) is 63.4 Å². The van der Waals surface area contributed by atoms with Crippen molar-refractivity contribution in [2.75, 3.05) is 13.6 Å². The second-order valence-electron chi connectivity index (χ2n) is 4.98. The lowest BCUT2D eigenvalue weighted by Crippen LogP contribution is -2.43. The molecule has 1 atom stereocenters. The number of hydrogen-bond acceptors (Lipinski definition) is 3. The first-order chi connectivity index (χ1) is 8.46. The van der Waals surface area contributed by atoms with Gasteiger partial charge in [-0.2, -0.15) is 4.31 Å². The molecule has 108 valence electrons. The highest BCUT2D eigenvalue weighted by Crippen LogP contribution is 2.36. The molecule has 6 heteroatoms. The van der Waals surface area contributed by atoms with E-state index in [1.54, 1.807) is 25.2 Å². The van der Waals surface area contributed by atoms with Gasteiger partial charge in [0.1, 0.15) is 0 Å². The first-order valence-electron chi connectivity index (χ1n) is 6.21. The van der Waals surface area contributed by atoms with Crippen molar-refractivity contribution >= 4 is 22.4 Å². The second-order valence-corrected chi connectivity index (χ2v) is 6.98. The minimum absolute atomic E-state index is 0. The molecule has 0 aliphatic heterocycles. The van der Waals surface area contributed by atoms with Gasteiger partial charge in [0.2, 0.25) is 10.0 Å². The Morgan fingerprint density at radius 3 is 2.53 bits per heavy atom. The Bertz CT molecular complexity index is 529. The van der Waals surface area contributed by atoms with Crippen molar-refractivity contribution in [2.24, 2.45) is 11.7 Å². The van der Waals surface area contributed by atoms with E-state index in [0.29, 0.717) is 17.4 Å². The van der Waals surface area contributed by atoms with Crippen molar-refractivity contribution < 1.29 is 8.42 Å². The zero-order valence-electron chi connectivity index (χ0n) is 11.2. The number of nitrogens with two attached hydrogens (primary N) is 1. The molecule has 2 N–H and O–H groups in total. The van der Waals surface area contributed by atoms with Crippen LogP contribution in [0.25, 0.3) is 0 Å². The number of aryl methyl sites for hydroxylation is 1. The molecule has 1 saturated carbocycles. The lowest BCUT2D eigenvalue weighted by molar-refractivity contribution is 0.340. The van der Waals surface area contributed by atoms with E-state index in [9.17, 15) is 8.42 Å². The van der Waals surface area contributed by atoms with Gasteiger partial charge >= 0.3 is 0 Å². The van der Waals surface area contributed by atoms with E-state index in [1.807, 2.05) is 13.0 Å². The molecule has 1 aromatic rings. The van der Waals surface area contributed by atoms with Gasteiger partial charge < -0.3 is 5.73 Å². The second kappa shape index (κ2) is 6.22. The molecule has 1 aliphatic rings. The summed E-state index contributed by atoms with van der Waals surface area (Å²) in [5.74, 6) is 0.430. The Morgan fingerprint density at radius 2 is 2.05 bits per heavy atom. The van der Waals surface area contributed by atoms with Crippen molar-refractivity contribution in [2.45, 2.75) is 30.7 Å². The highest BCUT2D eigenvalue weighted by molar-refractivity contribution is 7.89. The number of sulfonamides is 1. The van der Waals surface area contributed by atoms with Crippen molar-refractivity contribution in [3.8, 4) is 0 Å². The summed E-state index contributed by atoms with van der Waals surface area (Å²) in [7, 11) is -1.79. The maximum absolute atomic E-state index is 12.5. The van der Waals surface area contributed by atoms with Gasteiger partial charge in [-0.05, 0) is 43.4 Å². The molecule has 0 radical (unpaired) electrons. The minimum Gasteiger partial charge on any atom is -0.329 e. The highest BCUT2D eigenvalue weighted by atomic mass is 35.5. The number of likely N-dealkylation sites (N-methyl/N-ethyl adjacent to an activating group) is 1. The molecule has 1 unspecified atom stereocenters. The molecule has 0 aromatic heterocycles. The van der Waals surface area contributed by atoms with Gasteiger partial charge in [0.25, 0.3) is 0 Å². The summed E-state index contributed by atoms with van der Waals surface area (Å²) in [6.07, 6.45) is 2.16. The van der Waals surface area contributed by atoms with Crippen molar-refractivity contribution in [3.63, 3.8) is 0 Å². The predicted octanol–water partition coefficient (Wildman–Crippen LogP) is 1.77. The van der Waals surface area contributed by atoms with Crippen LogP contribution in [-0.4, -0.2) is 32.4 Å². The van der Waals surface area contributed by atoms with Gasteiger partial charge in [0.15, 0.2) is 0 Å². The molecule has 0 amide bonds. The molecular weight excluding hydrogens is 284 g/mol. The Hall–Kier alpha value is -0.620. The first kappa shape index (κ1) is 16.4. The maximum atomic E-state index is 12.5. The van der Waals surface area contributed by atoms with Gasteiger partial charge in [0.05, 0.1) is 4.90 Å². The molecule has 19 heavy (non-hydrogen) atoms. The summed E-state index contributed by atoms with van der Waals surface area (Å²) in [5.41, 5.74) is 6.66. The van der Waals surface area contributed by atoms with Crippen molar-refractivity contribution in [3.05, 3.63) is 29.8 Å². The zero-order valence-corrected chi connectivity index (χ0v) is 12.9. The standard InChI is InChI=1S/C13H20N2O2S.ClH/c1-10-4-3-5-12(8-10)18(16,17)15(2)13(9-14)11-6-7-11;/h3-5,8,11,13H,6-7,9,14H2,1-2H3;1H. The third kappa shape index (κ3) is 3.48. The fourth-order valence-corrected chi connectivity index (χ4v) is 3.77. The molecule has 0 spiro atoms. The van der Waals surface area contributed by atoms with Crippen LogP contribution in [0.2, 0.25) is 0 Å². The average molecular weight is 305 g/mol. The number of nitrogens with zero attached hydrogens (tertiary/aromatic N) is 1. The van der Waals surface area contributed by atoms with Crippen LogP contribution in [0.5, 0.6) is 0 Å². The van der Waals surface area contributed by atoms with Gasteiger partial charge in [-0.1, -0.05) is 12.1 Å². The normalized spacial score (nSPS) is 17.1. The molecule has 0 bridgehead atoms. The summed E-state index contributed by atoms with van der Waals surface area (Å²) in [4.78, 5) is 0.351. The van der Waals surface area contributed by atoms with Gasteiger partial charge in [-0.25, -0.2) is 8.42 Å². The fraction of sp³-hybridized carbons (Fsp3) is 0.538. The third-order valence-corrected chi connectivity index (χ3v) is 5.42. The summed E-state index contributed by atoms with van der Waals surface area (Å²) >= 11 is 0. The van der Waals surface area contributed by atoms with E-state index >= 15 is 0 Å². The predicted molar refractivity (Wildman–Crippen MR) is 78.9 cm³/mol. The van der Waals surface area contributed by atoms with Crippen molar-refractivity contribution in [1.29, 1.82) is 0 Å². The molecule has 1 aliphatic carbocycles. The summed E-state index contributed by atoms with van der Waals surface area (Å²) in [6, 6.07) is 6.92. The molecule has 0 saturated heterocycles. The summed E-state index contributed by atoms with van der Waals surface area (Å²) in [6.45, 7) is 2.27. The molecular formula is C13H21ClN2O2S. The number of benzene rings is 1. The first-order valence-corrected chi connectivity index (χ1v) is 7.65.